The van der Waals surface area contributed by atoms with Crippen molar-refractivity contribution in [2.24, 2.45) is 5.73 Å². The second kappa shape index (κ2) is 3.98. The zero-order chi connectivity index (χ0) is 9.97. The van der Waals surface area contributed by atoms with Gasteiger partial charge in [-0.05, 0) is 18.2 Å². The Labute approximate surface area is 89.6 Å². The van der Waals surface area contributed by atoms with Crippen LogP contribution in [-0.4, -0.2) is 18.2 Å². The minimum absolute atomic E-state index is 0.568. The Morgan fingerprint density at radius 1 is 1.50 bits per heavy atom. The first-order valence-electron chi connectivity index (χ1n) is 4.30. The second-order valence-corrected chi connectivity index (χ2v) is 3.80. The van der Waals surface area contributed by atoms with Gasteiger partial charge in [0.15, 0.2) is 0 Å². The van der Waals surface area contributed by atoms with E-state index in [1.54, 1.807) is 0 Å². The number of hydrogen-bond acceptors (Lipinski definition) is 4. The van der Waals surface area contributed by atoms with Gasteiger partial charge in [-0.25, -0.2) is 0 Å². The molecule has 5 heteroatoms. The average molecular weight is 256 g/mol. The molecule has 2 aromatic rings. The number of benzene rings is 1. The molecule has 0 aliphatic rings. The molecule has 0 unspecified atom stereocenters. The quantitative estimate of drug-likeness (QED) is 0.881. The van der Waals surface area contributed by atoms with Crippen molar-refractivity contribution in [2.45, 2.75) is 0 Å². The third-order valence-corrected chi connectivity index (χ3v) is 2.36. The summed E-state index contributed by atoms with van der Waals surface area (Å²) in [5.41, 5.74) is 6.21. The standard InChI is InChI=1S/C9H10BrN3O/c10-6-1-2-7-8(5-6)13-14-9(7)12-4-3-11/h1-2,5,12H,3-4,11H2. The number of aromatic nitrogens is 1. The number of nitrogens with two attached hydrogens (primary N) is 1. The molecule has 0 aliphatic carbocycles. The molecule has 0 aliphatic heterocycles. The Morgan fingerprint density at radius 3 is 3.14 bits per heavy atom. The van der Waals surface area contributed by atoms with Crippen molar-refractivity contribution >= 4 is 32.7 Å². The molecule has 0 fully saturated rings. The Hall–Kier alpha value is -1.07. The van der Waals surface area contributed by atoms with Gasteiger partial charge in [-0.3, -0.25) is 0 Å². The fourth-order valence-electron chi connectivity index (χ4n) is 1.23. The van der Waals surface area contributed by atoms with Crippen molar-refractivity contribution in [3.63, 3.8) is 0 Å². The summed E-state index contributed by atoms with van der Waals surface area (Å²) in [7, 11) is 0. The van der Waals surface area contributed by atoms with Gasteiger partial charge in [0, 0.05) is 17.6 Å². The normalized spacial score (nSPS) is 10.7. The van der Waals surface area contributed by atoms with Gasteiger partial charge in [-0.2, -0.15) is 0 Å². The average Bonchev–Trinajstić information content (AvgIpc) is 2.57. The summed E-state index contributed by atoms with van der Waals surface area (Å²) < 4.78 is 6.12. The van der Waals surface area contributed by atoms with E-state index in [2.05, 4.69) is 26.4 Å². The highest BCUT2D eigenvalue weighted by molar-refractivity contribution is 9.10. The maximum absolute atomic E-state index is 5.38. The molecule has 0 radical (unpaired) electrons. The van der Waals surface area contributed by atoms with E-state index < -0.39 is 0 Å². The highest BCUT2D eigenvalue weighted by Crippen LogP contribution is 2.25. The third kappa shape index (κ3) is 1.73. The van der Waals surface area contributed by atoms with Gasteiger partial charge >= 0.3 is 0 Å². The lowest BCUT2D eigenvalue weighted by Gasteiger charge is -1.98. The first-order valence-corrected chi connectivity index (χ1v) is 5.09. The molecule has 1 aromatic carbocycles. The van der Waals surface area contributed by atoms with Crippen molar-refractivity contribution in [1.29, 1.82) is 0 Å². The predicted molar refractivity (Wildman–Crippen MR) is 59.3 cm³/mol. The SMILES string of the molecule is NCCNc1onc2cc(Br)ccc12. The summed E-state index contributed by atoms with van der Waals surface area (Å²) >= 11 is 3.37. The molecular weight excluding hydrogens is 246 g/mol. The maximum Gasteiger partial charge on any atom is 0.232 e. The Morgan fingerprint density at radius 2 is 2.36 bits per heavy atom. The monoisotopic (exact) mass is 255 g/mol. The highest BCUT2D eigenvalue weighted by Gasteiger charge is 2.06. The number of nitrogens with zero attached hydrogens (tertiary/aromatic N) is 1. The summed E-state index contributed by atoms with van der Waals surface area (Å²) in [4.78, 5) is 0. The van der Waals surface area contributed by atoms with E-state index in [4.69, 9.17) is 10.3 Å². The van der Waals surface area contributed by atoms with Gasteiger partial charge in [0.1, 0.15) is 5.52 Å². The van der Waals surface area contributed by atoms with Gasteiger partial charge in [0.05, 0.1) is 5.39 Å². The van der Waals surface area contributed by atoms with Crippen LogP contribution in [-0.2, 0) is 0 Å². The molecule has 1 aromatic heterocycles. The van der Waals surface area contributed by atoms with Crippen LogP contribution in [0.5, 0.6) is 0 Å². The summed E-state index contributed by atoms with van der Waals surface area (Å²) in [6.07, 6.45) is 0. The highest BCUT2D eigenvalue weighted by atomic mass is 79.9. The van der Waals surface area contributed by atoms with Gasteiger partial charge < -0.3 is 15.6 Å². The molecule has 0 saturated carbocycles. The number of hydrogen-bond donors (Lipinski definition) is 2. The molecule has 1 heterocycles. The lowest BCUT2D eigenvalue weighted by atomic mass is 10.2. The molecule has 14 heavy (non-hydrogen) atoms. The van der Waals surface area contributed by atoms with Crippen molar-refractivity contribution < 1.29 is 4.52 Å². The van der Waals surface area contributed by atoms with Crippen LogP contribution >= 0.6 is 15.9 Å². The number of halogens is 1. The molecule has 0 amide bonds. The zero-order valence-electron chi connectivity index (χ0n) is 7.46. The van der Waals surface area contributed by atoms with E-state index >= 15 is 0 Å². The summed E-state index contributed by atoms with van der Waals surface area (Å²) in [6.45, 7) is 1.25. The fraction of sp³-hybridized carbons (Fsp3) is 0.222. The van der Waals surface area contributed by atoms with Gasteiger partial charge in [0.2, 0.25) is 5.88 Å². The molecule has 0 atom stereocenters. The summed E-state index contributed by atoms with van der Waals surface area (Å²) in [5, 5.41) is 7.97. The van der Waals surface area contributed by atoms with Crippen molar-refractivity contribution in [2.75, 3.05) is 18.4 Å². The van der Waals surface area contributed by atoms with E-state index in [1.165, 1.54) is 0 Å². The molecular formula is C9H10BrN3O. The molecule has 2 rings (SSSR count). The number of rotatable bonds is 3. The fourth-order valence-corrected chi connectivity index (χ4v) is 1.58. The zero-order valence-corrected chi connectivity index (χ0v) is 9.04. The first kappa shape index (κ1) is 9.48. The van der Waals surface area contributed by atoms with E-state index in [-0.39, 0.29) is 0 Å². The van der Waals surface area contributed by atoms with Crippen molar-refractivity contribution in [3.05, 3.63) is 22.7 Å². The minimum atomic E-state index is 0.568. The topological polar surface area (TPSA) is 64.1 Å². The van der Waals surface area contributed by atoms with Crippen LogP contribution in [0.3, 0.4) is 0 Å². The minimum Gasteiger partial charge on any atom is -0.352 e. The largest absolute Gasteiger partial charge is 0.352 e. The van der Waals surface area contributed by atoms with E-state index in [9.17, 15) is 0 Å². The van der Waals surface area contributed by atoms with Crippen LogP contribution in [0, 0.1) is 0 Å². The predicted octanol–water partition coefficient (Wildman–Crippen LogP) is 1.96. The first-order chi connectivity index (χ1) is 6.81. The molecule has 0 spiro atoms. The summed E-state index contributed by atoms with van der Waals surface area (Å²) in [6, 6.07) is 5.81. The smallest absolute Gasteiger partial charge is 0.232 e. The number of fused-ring (bicyclic) bond motifs is 1. The van der Waals surface area contributed by atoms with Gasteiger partial charge in [-0.1, -0.05) is 21.1 Å². The molecule has 0 saturated heterocycles. The van der Waals surface area contributed by atoms with E-state index in [0.717, 1.165) is 15.4 Å². The molecule has 74 valence electrons. The van der Waals surface area contributed by atoms with Gasteiger partial charge in [-0.15, -0.1) is 0 Å². The maximum atomic E-state index is 5.38. The summed E-state index contributed by atoms with van der Waals surface area (Å²) in [5.74, 6) is 0.679. The Kier molecular flexibility index (Phi) is 2.69. The van der Waals surface area contributed by atoms with Crippen LogP contribution in [0.4, 0.5) is 5.88 Å². The Balaban J connectivity index is 2.37. The molecule has 0 bridgehead atoms. The lowest BCUT2D eigenvalue weighted by molar-refractivity contribution is 0.441. The van der Waals surface area contributed by atoms with Gasteiger partial charge in [0.25, 0.3) is 0 Å². The third-order valence-electron chi connectivity index (χ3n) is 1.87. The van der Waals surface area contributed by atoms with Crippen molar-refractivity contribution in [1.82, 2.24) is 5.16 Å². The second-order valence-electron chi connectivity index (χ2n) is 2.89. The van der Waals surface area contributed by atoms with Crippen LogP contribution in [0.1, 0.15) is 0 Å². The van der Waals surface area contributed by atoms with Crippen LogP contribution in [0.15, 0.2) is 27.2 Å². The van der Waals surface area contributed by atoms with Crippen LogP contribution in [0.25, 0.3) is 10.9 Å². The molecule has 4 nitrogen and oxygen atoms in total. The van der Waals surface area contributed by atoms with Crippen molar-refractivity contribution in [3.8, 4) is 0 Å². The Bertz CT molecular complexity index is 441. The van der Waals surface area contributed by atoms with E-state index in [1.807, 2.05) is 18.2 Å². The van der Waals surface area contributed by atoms with Crippen LogP contribution in [0.2, 0.25) is 0 Å². The number of anilines is 1. The van der Waals surface area contributed by atoms with Crippen LogP contribution < -0.4 is 11.1 Å². The van der Waals surface area contributed by atoms with E-state index in [0.29, 0.717) is 19.0 Å². The number of nitrogens with one attached hydrogen (secondary N) is 1. The lowest BCUT2D eigenvalue weighted by Crippen LogP contribution is -2.12. The molecule has 3 N–H and O–H groups in total.